The molecule has 0 radical (unpaired) electrons. The van der Waals surface area contributed by atoms with Gasteiger partial charge in [-0.3, -0.25) is 4.68 Å². The van der Waals surface area contributed by atoms with E-state index in [0.29, 0.717) is 17.1 Å². The smallest absolute Gasteiger partial charge is 0.155 e. The summed E-state index contributed by atoms with van der Waals surface area (Å²) < 4.78 is 25.7. The molecule has 4 nitrogen and oxygen atoms in total. The molecule has 0 aromatic carbocycles. The number of aromatic nitrogens is 2. The summed E-state index contributed by atoms with van der Waals surface area (Å²) >= 11 is 3.35. The van der Waals surface area contributed by atoms with E-state index in [9.17, 15) is 8.42 Å². The van der Waals surface area contributed by atoms with Crippen molar-refractivity contribution in [1.29, 1.82) is 0 Å². The predicted octanol–water partition coefficient (Wildman–Crippen LogP) is 1.45. The Morgan fingerprint density at radius 1 is 1.40 bits per heavy atom. The van der Waals surface area contributed by atoms with Crippen LogP contribution in [-0.4, -0.2) is 24.0 Å². The zero-order valence-corrected chi connectivity index (χ0v) is 10.5. The van der Waals surface area contributed by atoms with Gasteiger partial charge in [0.1, 0.15) is 4.60 Å². The molecule has 6 heteroatoms. The second kappa shape index (κ2) is 3.07. The number of nitrogens with zero attached hydrogens (tertiary/aromatic N) is 2. The fourth-order valence-corrected chi connectivity index (χ4v) is 4.16. The van der Waals surface area contributed by atoms with Crippen LogP contribution in [0.2, 0.25) is 0 Å². The first-order chi connectivity index (χ1) is 7.07. The number of sulfone groups is 1. The van der Waals surface area contributed by atoms with E-state index in [-0.39, 0.29) is 11.5 Å². The minimum absolute atomic E-state index is 0.148. The van der Waals surface area contributed by atoms with Crippen LogP contribution in [0.5, 0.6) is 0 Å². The summed E-state index contributed by atoms with van der Waals surface area (Å²) in [5.74, 6) is 0.417. The molecule has 0 bridgehead atoms. The average Bonchev–Trinajstić information content (AvgIpc) is 2.93. The van der Waals surface area contributed by atoms with Gasteiger partial charge in [-0.15, -0.1) is 0 Å². The summed E-state index contributed by atoms with van der Waals surface area (Å²) in [7, 11) is -2.89. The topological polar surface area (TPSA) is 52.0 Å². The van der Waals surface area contributed by atoms with E-state index in [1.807, 2.05) is 4.68 Å². The molecule has 15 heavy (non-hydrogen) atoms. The van der Waals surface area contributed by atoms with Gasteiger partial charge in [-0.2, -0.15) is 5.10 Å². The highest BCUT2D eigenvalue weighted by Gasteiger charge is 2.33. The van der Waals surface area contributed by atoms with Gasteiger partial charge in [-0.05, 0) is 28.8 Å². The molecule has 2 aliphatic rings. The molecule has 0 amide bonds. The van der Waals surface area contributed by atoms with Crippen LogP contribution in [0.3, 0.4) is 0 Å². The van der Waals surface area contributed by atoms with Crippen molar-refractivity contribution < 1.29 is 8.42 Å². The lowest BCUT2D eigenvalue weighted by Gasteiger charge is -2.14. The minimum Gasteiger partial charge on any atom is -0.265 e. The Morgan fingerprint density at radius 2 is 2.13 bits per heavy atom. The molecular weight excluding hydrogens is 280 g/mol. The molecule has 1 fully saturated rings. The number of hydrogen-bond donors (Lipinski definition) is 0. The fraction of sp³-hybridized carbons (Fsp3) is 0.667. The molecule has 1 aromatic heterocycles. The Balaban J connectivity index is 2.11. The van der Waals surface area contributed by atoms with Gasteiger partial charge in [-0.1, -0.05) is 0 Å². The summed E-state index contributed by atoms with van der Waals surface area (Å²) in [6, 6.07) is 0.519. The van der Waals surface area contributed by atoms with Gasteiger partial charge >= 0.3 is 0 Å². The molecule has 1 aliphatic carbocycles. The standard InChI is InChI=1S/C9H11BrN2O2S/c10-9-7-5-15(13,14)4-3-8(7)12(11-9)6-1-2-6/h6H,1-5H2. The van der Waals surface area contributed by atoms with E-state index < -0.39 is 9.84 Å². The summed E-state index contributed by atoms with van der Waals surface area (Å²) in [6.07, 6.45) is 2.97. The Morgan fingerprint density at radius 3 is 2.80 bits per heavy atom. The maximum atomic E-state index is 11.5. The van der Waals surface area contributed by atoms with Crippen LogP contribution in [-0.2, 0) is 22.0 Å². The van der Waals surface area contributed by atoms with Crippen molar-refractivity contribution in [3.8, 4) is 0 Å². The van der Waals surface area contributed by atoms with Crippen molar-refractivity contribution in [3.05, 3.63) is 15.9 Å². The first-order valence-corrected chi connectivity index (χ1v) is 7.64. The lowest BCUT2D eigenvalue weighted by molar-refractivity contribution is 0.578. The van der Waals surface area contributed by atoms with Gasteiger partial charge < -0.3 is 0 Å². The monoisotopic (exact) mass is 290 g/mol. The second-order valence-corrected chi connectivity index (χ2v) is 7.17. The van der Waals surface area contributed by atoms with E-state index >= 15 is 0 Å². The van der Waals surface area contributed by atoms with E-state index in [1.165, 1.54) is 12.8 Å². The Kier molecular flexibility index (Phi) is 2.01. The summed E-state index contributed by atoms with van der Waals surface area (Å²) in [5.41, 5.74) is 2.01. The highest BCUT2D eigenvalue weighted by atomic mass is 79.9. The lowest BCUT2D eigenvalue weighted by Crippen LogP contribution is -2.20. The molecule has 0 N–H and O–H groups in total. The highest BCUT2D eigenvalue weighted by molar-refractivity contribution is 9.10. The molecule has 0 unspecified atom stereocenters. The van der Waals surface area contributed by atoms with Gasteiger partial charge in [0.2, 0.25) is 0 Å². The van der Waals surface area contributed by atoms with E-state index in [0.717, 1.165) is 11.3 Å². The van der Waals surface area contributed by atoms with Gasteiger partial charge in [0.25, 0.3) is 0 Å². The van der Waals surface area contributed by atoms with E-state index in [4.69, 9.17) is 0 Å². The van der Waals surface area contributed by atoms with Crippen molar-refractivity contribution in [2.45, 2.75) is 31.1 Å². The number of fused-ring (bicyclic) bond motifs is 1. The van der Waals surface area contributed by atoms with Crippen LogP contribution >= 0.6 is 15.9 Å². The molecule has 1 aliphatic heterocycles. The normalized spacial score (nSPS) is 23.8. The van der Waals surface area contributed by atoms with Gasteiger partial charge in [0, 0.05) is 17.7 Å². The quantitative estimate of drug-likeness (QED) is 0.787. The highest BCUT2D eigenvalue weighted by Crippen LogP contribution is 2.39. The van der Waals surface area contributed by atoms with Crippen molar-refractivity contribution >= 4 is 25.8 Å². The van der Waals surface area contributed by atoms with Crippen LogP contribution < -0.4 is 0 Å². The minimum atomic E-state index is -2.89. The summed E-state index contributed by atoms with van der Waals surface area (Å²) in [4.78, 5) is 0. The van der Waals surface area contributed by atoms with Crippen LogP contribution in [0, 0.1) is 0 Å². The predicted molar refractivity (Wildman–Crippen MR) is 59.4 cm³/mol. The van der Waals surface area contributed by atoms with Crippen molar-refractivity contribution in [1.82, 2.24) is 9.78 Å². The third kappa shape index (κ3) is 1.63. The Labute approximate surface area is 96.7 Å². The lowest BCUT2D eigenvalue weighted by atomic mass is 10.2. The zero-order valence-electron chi connectivity index (χ0n) is 8.11. The van der Waals surface area contributed by atoms with Crippen molar-refractivity contribution in [2.24, 2.45) is 0 Å². The van der Waals surface area contributed by atoms with Crippen LogP contribution in [0.15, 0.2) is 4.60 Å². The molecule has 0 saturated heterocycles. The SMILES string of the molecule is O=S1(=O)CCc2c(c(Br)nn2C2CC2)C1. The van der Waals surface area contributed by atoms with E-state index in [2.05, 4.69) is 21.0 Å². The maximum Gasteiger partial charge on any atom is 0.155 e. The Bertz CT molecular complexity index is 516. The van der Waals surface area contributed by atoms with Crippen molar-refractivity contribution in [2.75, 3.05) is 5.75 Å². The van der Waals surface area contributed by atoms with Gasteiger partial charge in [0.05, 0.1) is 17.5 Å². The van der Waals surface area contributed by atoms with Crippen LogP contribution in [0.4, 0.5) is 0 Å². The van der Waals surface area contributed by atoms with Gasteiger partial charge in [0.15, 0.2) is 9.84 Å². The zero-order chi connectivity index (χ0) is 10.6. The first kappa shape index (κ1) is 9.84. The molecular formula is C9H11BrN2O2S. The molecule has 2 heterocycles. The molecule has 3 rings (SSSR count). The third-order valence-electron chi connectivity index (χ3n) is 2.98. The molecule has 0 atom stereocenters. The molecule has 1 saturated carbocycles. The summed E-state index contributed by atoms with van der Waals surface area (Å²) in [6.45, 7) is 0. The summed E-state index contributed by atoms with van der Waals surface area (Å²) in [5, 5.41) is 4.39. The maximum absolute atomic E-state index is 11.5. The van der Waals surface area contributed by atoms with Crippen LogP contribution in [0.25, 0.3) is 0 Å². The Hall–Kier alpha value is -0.360. The van der Waals surface area contributed by atoms with Gasteiger partial charge in [-0.25, -0.2) is 8.42 Å². The number of rotatable bonds is 1. The first-order valence-electron chi connectivity index (χ1n) is 5.03. The number of hydrogen-bond acceptors (Lipinski definition) is 3. The van der Waals surface area contributed by atoms with Crippen LogP contribution in [0.1, 0.15) is 30.1 Å². The largest absolute Gasteiger partial charge is 0.265 e. The number of halogens is 1. The molecule has 0 spiro atoms. The third-order valence-corrected chi connectivity index (χ3v) is 5.17. The fourth-order valence-electron chi connectivity index (χ4n) is 2.05. The second-order valence-electron chi connectivity index (χ2n) is 4.23. The average molecular weight is 291 g/mol. The van der Waals surface area contributed by atoms with Crippen molar-refractivity contribution in [3.63, 3.8) is 0 Å². The molecule has 82 valence electrons. The molecule has 1 aromatic rings. The van der Waals surface area contributed by atoms with E-state index in [1.54, 1.807) is 0 Å².